The lowest BCUT2D eigenvalue weighted by Gasteiger charge is -2.08. The number of halogens is 1. The lowest BCUT2D eigenvalue weighted by Crippen LogP contribution is -2.00. The van der Waals surface area contributed by atoms with Gasteiger partial charge in [0.1, 0.15) is 11.6 Å². The first-order valence-electron chi connectivity index (χ1n) is 6.14. The molecule has 0 spiro atoms. The van der Waals surface area contributed by atoms with Crippen molar-refractivity contribution < 1.29 is 9.50 Å². The van der Waals surface area contributed by atoms with Crippen LogP contribution in [0.4, 0.5) is 10.1 Å². The molecule has 3 rings (SSSR count). The minimum atomic E-state index is -0.371. The molecule has 4 nitrogen and oxygen atoms in total. The summed E-state index contributed by atoms with van der Waals surface area (Å²) in [6, 6.07) is 9.47. The molecule has 1 heterocycles. The van der Waals surface area contributed by atoms with Gasteiger partial charge in [0.25, 0.3) is 0 Å². The molecule has 5 heteroatoms. The van der Waals surface area contributed by atoms with Crippen LogP contribution >= 0.6 is 0 Å². The third-order valence-corrected chi connectivity index (χ3v) is 2.99. The number of anilines is 1. The van der Waals surface area contributed by atoms with Gasteiger partial charge in [0, 0.05) is 30.2 Å². The first kappa shape index (κ1) is 12.3. The first-order valence-corrected chi connectivity index (χ1v) is 6.14. The lowest BCUT2D eigenvalue weighted by atomic mass is 10.2. The number of benzene rings is 2. The van der Waals surface area contributed by atoms with Crippen LogP contribution in [-0.2, 0) is 6.54 Å². The minimum Gasteiger partial charge on any atom is -0.508 e. The second-order valence-corrected chi connectivity index (χ2v) is 4.39. The van der Waals surface area contributed by atoms with E-state index >= 15 is 0 Å². The van der Waals surface area contributed by atoms with Crippen molar-refractivity contribution in [3.8, 4) is 5.75 Å². The fourth-order valence-electron chi connectivity index (χ4n) is 1.97. The monoisotopic (exact) mass is 269 g/mol. The van der Waals surface area contributed by atoms with Crippen molar-refractivity contribution in [3.05, 3.63) is 60.2 Å². The Morgan fingerprint density at radius 1 is 1.00 bits per heavy atom. The van der Waals surface area contributed by atoms with E-state index in [0.717, 1.165) is 16.7 Å². The molecular weight excluding hydrogens is 257 g/mol. The predicted molar refractivity (Wildman–Crippen MR) is 74.9 cm³/mol. The van der Waals surface area contributed by atoms with Crippen LogP contribution in [0.15, 0.2) is 48.8 Å². The Kier molecular flexibility index (Phi) is 3.16. The van der Waals surface area contributed by atoms with Gasteiger partial charge in [-0.2, -0.15) is 0 Å². The highest BCUT2D eigenvalue weighted by Crippen LogP contribution is 2.20. The van der Waals surface area contributed by atoms with Crippen molar-refractivity contribution in [2.45, 2.75) is 6.54 Å². The van der Waals surface area contributed by atoms with Crippen molar-refractivity contribution in [2.24, 2.45) is 0 Å². The number of phenols is 1. The van der Waals surface area contributed by atoms with Gasteiger partial charge in [-0.3, -0.25) is 9.97 Å². The second kappa shape index (κ2) is 5.13. The maximum absolute atomic E-state index is 13.1. The maximum atomic E-state index is 13.1. The standard InChI is InChI=1S/C15H12FN3O/c16-11-1-4-15(20)10(7-11)9-19-12-2-3-13-14(8-12)18-6-5-17-13/h1-8,19-20H,9H2. The zero-order valence-corrected chi connectivity index (χ0v) is 10.5. The molecule has 0 aliphatic carbocycles. The van der Waals surface area contributed by atoms with Gasteiger partial charge in [-0.15, -0.1) is 0 Å². The summed E-state index contributed by atoms with van der Waals surface area (Å²) >= 11 is 0. The Hall–Kier alpha value is -2.69. The molecular formula is C15H12FN3O. The third kappa shape index (κ3) is 2.51. The Morgan fingerprint density at radius 2 is 1.80 bits per heavy atom. The summed E-state index contributed by atoms with van der Waals surface area (Å²) < 4.78 is 13.1. The Bertz CT molecular complexity index is 761. The summed E-state index contributed by atoms with van der Waals surface area (Å²) in [6.45, 7) is 0.329. The van der Waals surface area contributed by atoms with Crippen LogP contribution in [0, 0.1) is 5.82 Å². The van der Waals surface area contributed by atoms with E-state index in [4.69, 9.17) is 0 Å². The Morgan fingerprint density at radius 3 is 2.65 bits per heavy atom. The predicted octanol–water partition coefficient (Wildman–Crippen LogP) is 3.09. The number of fused-ring (bicyclic) bond motifs is 1. The van der Waals surface area contributed by atoms with E-state index in [1.807, 2.05) is 18.2 Å². The van der Waals surface area contributed by atoms with Crippen LogP contribution in [0.2, 0.25) is 0 Å². The molecule has 0 aliphatic rings. The average Bonchev–Trinajstić information content (AvgIpc) is 2.48. The number of nitrogens with zero attached hydrogens (tertiary/aromatic N) is 2. The van der Waals surface area contributed by atoms with E-state index < -0.39 is 0 Å². The minimum absolute atomic E-state index is 0.0690. The van der Waals surface area contributed by atoms with E-state index in [1.54, 1.807) is 12.4 Å². The average molecular weight is 269 g/mol. The van der Waals surface area contributed by atoms with E-state index in [2.05, 4.69) is 15.3 Å². The van der Waals surface area contributed by atoms with Gasteiger partial charge in [0.15, 0.2) is 0 Å². The van der Waals surface area contributed by atoms with Crippen molar-refractivity contribution >= 4 is 16.7 Å². The van der Waals surface area contributed by atoms with Crippen molar-refractivity contribution in [1.29, 1.82) is 0 Å². The van der Waals surface area contributed by atoms with Gasteiger partial charge >= 0.3 is 0 Å². The topological polar surface area (TPSA) is 58.0 Å². The first-order chi connectivity index (χ1) is 9.72. The zero-order valence-electron chi connectivity index (χ0n) is 10.5. The lowest BCUT2D eigenvalue weighted by molar-refractivity contribution is 0.466. The second-order valence-electron chi connectivity index (χ2n) is 4.39. The molecule has 2 aromatic carbocycles. The summed E-state index contributed by atoms with van der Waals surface area (Å²) in [5.41, 5.74) is 2.93. The fraction of sp³-hybridized carbons (Fsp3) is 0.0667. The van der Waals surface area contributed by atoms with Crippen LogP contribution < -0.4 is 5.32 Å². The number of nitrogens with one attached hydrogen (secondary N) is 1. The maximum Gasteiger partial charge on any atom is 0.123 e. The summed E-state index contributed by atoms with van der Waals surface area (Å²) in [7, 11) is 0. The zero-order chi connectivity index (χ0) is 13.9. The molecule has 0 saturated heterocycles. The molecule has 0 unspecified atom stereocenters. The van der Waals surface area contributed by atoms with Crippen LogP contribution in [0.5, 0.6) is 5.75 Å². The number of rotatable bonds is 3. The number of aromatic nitrogens is 2. The highest BCUT2D eigenvalue weighted by molar-refractivity contribution is 5.78. The molecule has 0 amide bonds. The molecule has 20 heavy (non-hydrogen) atoms. The number of phenolic OH excluding ortho intramolecular Hbond substituents is 1. The molecule has 2 N–H and O–H groups in total. The molecule has 3 aromatic rings. The smallest absolute Gasteiger partial charge is 0.123 e. The van der Waals surface area contributed by atoms with Crippen molar-refractivity contribution in [2.75, 3.05) is 5.32 Å². The van der Waals surface area contributed by atoms with Gasteiger partial charge in [-0.1, -0.05) is 0 Å². The van der Waals surface area contributed by atoms with Crippen molar-refractivity contribution in [1.82, 2.24) is 9.97 Å². The van der Waals surface area contributed by atoms with E-state index in [9.17, 15) is 9.50 Å². The molecule has 0 aliphatic heterocycles. The highest BCUT2D eigenvalue weighted by atomic mass is 19.1. The quantitative estimate of drug-likeness (QED) is 0.767. The highest BCUT2D eigenvalue weighted by Gasteiger charge is 2.03. The molecule has 0 fully saturated rings. The van der Waals surface area contributed by atoms with Gasteiger partial charge in [0.05, 0.1) is 11.0 Å². The van der Waals surface area contributed by atoms with Gasteiger partial charge < -0.3 is 10.4 Å². The third-order valence-electron chi connectivity index (χ3n) is 2.99. The van der Waals surface area contributed by atoms with Gasteiger partial charge in [0.2, 0.25) is 0 Å². The summed E-state index contributed by atoms with van der Waals surface area (Å²) in [5, 5.41) is 12.8. The van der Waals surface area contributed by atoms with Gasteiger partial charge in [-0.25, -0.2) is 4.39 Å². The van der Waals surface area contributed by atoms with E-state index in [-0.39, 0.29) is 11.6 Å². The SMILES string of the molecule is Oc1ccc(F)cc1CNc1ccc2nccnc2c1. The van der Waals surface area contributed by atoms with E-state index in [1.165, 1.54) is 18.2 Å². The molecule has 1 aromatic heterocycles. The largest absolute Gasteiger partial charge is 0.508 e. The molecule has 0 radical (unpaired) electrons. The van der Waals surface area contributed by atoms with Gasteiger partial charge in [-0.05, 0) is 36.4 Å². The Labute approximate surface area is 114 Å². The molecule has 0 saturated carbocycles. The molecule has 100 valence electrons. The summed E-state index contributed by atoms with van der Waals surface area (Å²) in [6.07, 6.45) is 3.27. The van der Waals surface area contributed by atoms with Crippen LogP contribution in [0.1, 0.15) is 5.56 Å². The fourth-order valence-corrected chi connectivity index (χ4v) is 1.97. The number of hydrogen-bond donors (Lipinski definition) is 2. The van der Waals surface area contributed by atoms with Crippen LogP contribution in [-0.4, -0.2) is 15.1 Å². The van der Waals surface area contributed by atoms with Crippen LogP contribution in [0.25, 0.3) is 11.0 Å². The van der Waals surface area contributed by atoms with E-state index in [0.29, 0.717) is 12.1 Å². The Balaban J connectivity index is 1.81. The summed E-state index contributed by atoms with van der Waals surface area (Å²) in [5.74, 6) is -0.302. The normalized spacial score (nSPS) is 10.7. The molecule has 0 bridgehead atoms. The number of hydrogen-bond acceptors (Lipinski definition) is 4. The number of aromatic hydroxyl groups is 1. The molecule has 0 atom stereocenters. The van der Waals surface area contributed by atoms with Crippen LogP contribution in [0.3, 0.4) is 0 Å². The summed E-state index contributed by atoms with van der Waals surface area (Å²) in [4.78, 5) is 8.40. The van der Waals surface area contributed by atoms with Crippen molar-refractivity contribution in [3.63, 3.8) is 0 Å².